The van der Waals surface area contributed by atoms with Crippen LogP contribution >= 0.6 is 0 Å². The smallest absolute Gasteiger partial charge is 0.340 e. The number of nitrogens with zero attached hydrogens (tertiary/aromatic N) is 3. The fourth-order valence-electron chi connectivity index (χ4n) is 4.33. The van der Waals surface area contributed by atoms with Crippen LogP contribution in [-0.2, 0) is 10.3 Å². The second-order valence-electron chi connectivity index (χ2n) is 7.40. The van der Waals surface area contributed by atoms with Crippen LogP contribution in [-0.4, -0.2) is 31.6 Å². The molecule has 0 aliphatic carbocycles. The number of esters is 1. The van der Waals surface area contributed by atoms with Crippen molar-refractivity contribution < 1.29 is 24.5 Å². The minimum absolute atomic E-state index is 0.00878. The number of nitrogens with one attached hydrogen (secondary N) is 1. The number of anilines is 2. The average molecular weight is 426 g/mol. The number of benzene rings is 3. The van der Waals surface area contributed by atoms with Crippen LogP contribution in [0, 0.1) is 0 Å². The number of ether oxygens (including phenoxy) is 2. The van der Waals surface area contributed by atoms with Crippen LogP contribution < -0.4 is 10.1 Å². The highest BCUT2D eigenvalue weighted by atomic mass is 16.6. The highest BCUT2D eigenvalue weighted by Crippen LogP contribution is 2.59. The molecule has 0 radical (unpaired) electrons. The van der Waals surface area contributed by atoms with Gasteiger partial charge in [0.05, 0.1) is 23.0 Å². The van der Waals surface area contributed by atoms with Crippen molar-refractivity contribution in [1.29, 1.82) is 0 Å². The number of fused-ring (bicyclic) bond motifs is 6. The molecule has 0 bridgehead atoms. The summed E-state index contributed by atoms with van der Waals surface area (Å²) in [6, 6.07) is 16.2. The number of aromatic hydroxyl groups is 2. The third kappa shape index (κ3) is 2.45. The summed E-state index contributed by atoms with van der Waals surface area (Å²) in [4.78, 5) is 12.9. The average Bonchev–Trinajstić information content (AvgIpc) is 3.07. The summed E-state index contributed by atoms with van der Waals surface area (Å²) >= 11 is 0. The van der Waals surface area contributed by atoms with Crippen LogP contribution in [0.1, 0.15) is 27.0 Å². The molecule has 32 heavy (non-hydrogen) atoms. The van der Waals surface area contributed by atoms with Gasteiger partial charge in [0.1, 0.15) is 23.0 Å². The van der Waals surface area contributed by atoms with Crippen molar-refractivity contribution in [1.82, 2.24) is 15.4 Å². The Balaban J connectivity index is 1.69. The first-order valence-electron chi connectivity index (χ1n) is 9.69. The van der Waals surface area contributed by atoms with Gasteiger partial charge >= 0.3 is 5.97 Å². The molecule has 9 heteroatoms. The number of phenols is 2. The maximum absolute atomic E-state index is 12.9. The van der Waals surface area contributed by atoms with Crippen LogP contribution in [0.3, 0.4) is 0 Å². The molecule has 3 N–H and O–H groups in total. The molecule has 4 aromatic rings. The highest BCUT2D eigenvalue weighted by molar-refractivity contribution is 5.97. The molecule has 1 atom stereocenters. The van der Waals surface area contributed by atoms with Crippen molar-refractivity contribution in [3.63, 3.8) is 0 Å². The van der Waals surface area contributed by atoms with Gasteiger partial charge in [-0.1, -0.05) is 18.2 Å². The Labute approximate surface area is 180 Å². The number of phenolic OH excluding ortho intramolecular Hbond substituents is 2. The normalized spacial score (nSPS) is 17.7. The molecule has 3 aromatic carbocycles. The summed E-state index contributed by atoms with van der Waals surface area (Å²) in [7, 11) is 0. The van der Waals surface area contributed by atoms with Gasteiger partial charge < -0.3 is 25.0 Å². The molecule has 0 saturated heterocycles. The summed E-state index contributed by atoms with van der Waals surface area (Å²) in [5.41, 5.74) is 1.09. The fraction of sp³-hybridized carbons (Fsp3) is 0.0435. The molecule has 2 aliphatic heterocycles. The predicted octanol–water partition coefficient (Wildman–Crippen LogP) is 3.59. The van der Waals surface area contributed by atoms with Crippen molar-refractivity contribution in [3.8, 4) is 23.0 Å². The molecule has 9 nitrogen and oxygen atoms in total. The van der Waals surface area contributed by atoms with Gasteiger partial charge in [-0.2, -0.15) is 0 Å². The van der Waals surface area contributed by atoms with E-state index in [9.17, 15) is 15.0 Å². The Morgan fingerprint density at radius 3 is 2.59 bits per heavy atom. The first kappa shape index (κ1) is 18.1. The van der Waals surface area contributed by atoms with E-state index in [0.717, 1.165) is 0 Å². The lowest BCUT2D eigenvalue weighted by atomic mass is 9.77. The third-order valence-electron chi connectivity index (χ3n) is 5.54. The van der Waals surface area contributed by atoms with Gasteiger partial charge in [-0.25, -0.2) is 4.79 Å². The molecule has 1 aromatic heterocycles. The van der Waals surface area contributed by atoms with Gasteiger partial charge in [0, 0.05) is 35.4 Å². The maximum Gasteiger partial charge on any atom is 0.340 e. The molecule has 6 rings (SSSR count). The zero-order chi connectivity index (χ0) is 21.9. The van der Waals surface area contributed by atoms with Crippen LogP contribution in [0.4, 0.5) is 11.5 Å². The van der Waals surface area contributed by atoms with E-state index >= 15 is 0 Å². The zero-order valence-corrected chi connectivity index (χ0v) is 16.3. The van der Waals surface area contributed by atoms with E-state index in [1.165, 1.54) is 30.5 Å². The van der Waals surface area contributed by atoms with Crippen LogP contribution in [0.5, 0.6) is 23.0 Å². The van der Waals surface area contributed by atoms with Gasteiger partial charge in [0.15, 0.2) is 11.4 Å². The van der Waals surface area contributed by atoms with Gasteiger partial charge in [0.2, 0.25) is 0 Å². The van der Waals surface area contributed by atoms with Gasteiger partial charge in [-0.3, -0.25) is 0 Å². The van der Waals surface area contributed by atoms with E-state index in [2.05, 4.69) is 20.7 Å². The zero-order valence-electron chi connectivity index (χ0n) is 16.3. The van der Waals surface area contributed by atoms with Crippen molar-refractivity contribution in [2.24, 2.45) is 0 Å². The van der Waals surface area contributed by atoms with E-state index in [1.54, 1.807) is 24.3 Å². The Morgan fingerprint density at radius 1 is 0.906 bits per heavy atom. The van der Waals surface area contributed by atoms with Crippen LogP contribution in [0.25, 0.3) is 0 Å². The second kappa shape index (κ2) is 6.42. The Morgan fingerprint density at radius 2 is 1.75 bits per heavy atom. The van der Waals surface area contributed by atoms with Crippen molar-refractivity contribution in [3.05, 3.63) is 89.1 Å². The Kier molecular flexibility index (Phi) is 3.64. The first-order chi connectivity index (χ1) is 15.6. The Bertz CT molecular complexity index is 1410. The SMILES string of the molecule is O=C1OC2(c3ccc(O)cc3Oc3cc(O)cc(Nc4ccnnn4)c32)c2ccccc21. The number of carbonyl (C=O) groups is 1. The fourth-order valence-corrected chi connectivity index (χ4v) is 4.33. The van der Waals surface area contributed by atoms with Crippen molar-refractivity contribution in [2.75, 3.05) is 5.32 Å². The van der Waals surface area contributed by atoms with E-state index in [0.29, 0.717) is 39.5 Å². The molecular weight excluding hydrogens is 412 g/mol. The molecule has 156 valence electrons. The topological polar surface area (TPSA) is 127 Å². The molecule has 1 spiro atoms. The number of aromatic nitrogens is 3. The minimum Gasteiger partial charge on any atom is -0.508 e. The van der Waals surface area contributed by atoms with E-state index < -0.39 is 11.6 Å². The van der Waals surface area contributed by atoms with Crippen LogP contribution in [0.15, 0.2) is 66.9 Å². The maximum atomic E-state index is 12.9. The molecule has 1 unspecified atom stereocenters. The Hall–Kier alpha value is -4.66. The van der Waals surface area contributed by atoms with E-state index in [4.69, 9.17) is 9.47 Å². The lowest BCUT2D eigenvalue weighted by Gasteiger charge is -2.37. The molecular formula is C23H14N4O5. The lowest BCUT2D eigenvalue weighted by molar-refractivity contribution is 0.0226. The summed E-state index contributed by atoms with van der Waals surface area (Å²) in [5, 5.41) is 34.8. The highest BCUT2D eigenvalue weighted by Gasteiger charge is 2.55. The largest absolute Gasteiger partial charge is 0.508 e. The van der Waals surface area contributed by atoms with Crippen molar-refractivity contribution in [2.45, 2.75) is 5.60 Å². The summed E-state index contributed by atoms with van der Waals surface area (Å²) < 4.78 is 12.2. The predicted molar refractivity (Wildman–Crippen MR) is 111 cm³/mol. The van der Waals surface area contributed by atoms with Gasteiger partial charge in [-0.05, 0) is 23.4 Å². The molecule has 3 heterocycles. The molecule has 0 saturated carbocycles. The van der Waals surface area contributed by atoms with Gasteiger partial charge in [-0.15, -0.1) is 10.2 Å². The summed E-state index contributed by atoms with van der Waals surface area (Å²) in [6.45, 7) is 0. The first-order valence-corrected chi connectivity index (χ1v) is 9.69. The second-order valence-corrected chi connectivity index (χ2v) is 7.40. The van der Waals surface area contributed by atoms with Gasteiger partial charge in [0.25, 0.3) is 0 Å². The molecule has 0 fully saturated rings. The quantitative estimate of drug-likeness (QED) is 0.412. The standard InChI is InChI=1S/C23H14N4O5/c28-12-5-6-16-18(10-12)31-19-11-13(29)9-17(25-20-7-8-24-27-26-20)21(19)23(16)15-4-2-1-3-14(15)22(30)32-23/h1-11,28-29H,(H,24,25,26). The molecule has 0 amide bonds. The monoisotopic (exact) mass is 426 g/mol. The van der Waals surface area contributed by atoms with E-state index in [1.807, 2.05) is 12.1 Å². The molecule has 2 aliphatic rings. The van der Waals surface area contributed by atoms with Crippen LogP contribution in [0.2, 0.25) is 0 Å². The summed E-state index contributed by atoms with van der Waals surface area (Å²) in [6.07, 6.45) is 1.47. The third-order valence-corrected chi connectivity index (χ3v) is 5.54. The lowest BCUT2D eigenvalue weighted by Crippen LogP contribution is -2.33. The summed E-state index contributed by atoms with van der Waals surface area (Å²) in [5.74, 6) is 0.363. The van der Waals surface area contributed by atoms with E-state index in [-0.39, 0.29) is 17.2 Å². The minimum atomic E-state index is -1.37. The number of carbonyl (C=O) groups excluding carboxylic acids is 1. The number of rotatable bonds is 2. The van der Waals surface area contributed by atoms with Crippen molar-refractivity contribution >= 4 is 17.5 Å². The number of hydrogen-bond acceptors (Lipinski definition) is 9. The number of hydrogen-bond donors (Lipinski definition) is 3.